The summed E-state index contributed by atoms with van der Waals surface area (Å²) in [6.45, 7) is 4.00. The third-order valence-electron chi connectivity index (χ3n) is 6.49. The number of phenols is 2. The molecule has 6 rings (SSSR count). The third-order valence-corrected chi connectivity index (χ3v) is 7.69. The van der Waals surface area contributed by atoms with Crippen molar-refractivity contribution in [3.63, 3.8) is 0 Å². The maximum Gasteiger partial charge on any atom is 0.151 e. The van der Waals surface area contributed by atoms with Crippen LogP contribution in [0.15, 0.2) is 60.7 Å². The van der Waals surface area contributed by atoms with Crippen LogP contribution in [0.1, 0.15) is 30.1 Å². The zero-order valence-electron chi connectivity index (χ0n) is 18.2. The van der Waals surface area contributed by atoms with Gasteiger partial charge >= 0.3 is 0 Å². The van der Waals surface area contributed by atoms with Gasteiger partial charge in [0.2, 0.25) is 0 Å². The average Bonchev–Trinajstić information content (AvgIpc) is 3.46. The van der Waals surface area contributed by atoms with E-state index in [4.69, 9.17) is 9.47 Å². The second kappa shape index (κ2) is 8.28. The Morgan fingerprint density at radius 1 is 0.939 bits per heavy atom. The Labute approximate surface area is 196 Å². The molecule has 5 nitrogen and oxygen atoms in total. The molecule has 0 aliphatic carbocycles. The Bertz CT molecular complexity index is 1310. The Kier molecular flexibility index (Phi) is 5.12. The van der Waals surface area contributed by atoms with Crippen molar-refractivity contribution >= 4 is 21.4 Å². The van der Waals surface area contributed by atoms with Crippen LogP contribution in [-0.4, -0.2) is 41.4 Å². The molecule has 3 aromatic carbocycles. The van der Waals surface area contributed by atoms with Crippen LogP contribution in [0, 0.1) is 0 Å². The standard InChI is InChI=1S/C27H25NO4S/c29-18-5-9-21-23(15-18)32-26(25-22-10-6-19(30)16-24(22)33-27(21)25)17-3-7-20(8-4-17)31-14-13-28-11-1-2-12-28/h3-10,15-16,26,29-30H,1-2,11-14H2. The fourth-order valence-electron chi connectivity index (χ4n) is 4.82. The zero-order valence-corrected chi connectivity index (χ0v) is 19.0. The number of likely N-dealkylation sites (tertiary alicyclic amines) is 1. The third kappa shape index (κ3) is 3.79. The molecule has 2 aliphatic rings. The molecular formula is C27H25NO4S. The van der Waals surface area contributed by atoms with Crippen LogP contribution in [0.25, 0.3) is 20.5 Å². The van der Waals surface area contributed by atoms with E-state index in [0.29, 0.717) is 12.4 Å². The van der Waals surface area contributed by atoms with Crippen LogP contribution in [0.5, 0.6) is 23.0 Å². The van der Waals surface area contributed by atoms with E-state index in [9.17, 15) is 10.2 Å². The van der Waals surface area contributed by atoms with Gasteiger partial charge in [0, 0.05) is 38.7 Å². The lowest BCUT2D eigenvalue weighted by atomic mass is 9.93. The van der Waals surface area contributed by atoms with Crippen LogP contribution in [-0.2, 0) is 0 Å². The molecule has 4 aromatic rings. The molecule has 1 unspecified atom stereocenters. The van der Waals surface area contributed by atoms with E-state index < -0.39 is 0 Å². The number of hydrogen-bond acceptors (Lipinski definition) is 6. The minimum Gasteiger partial charge on any atom is -0.508 e. The van der Waals surface area contributed by atoms with Gasteiger partial charge in [0.1, 0.15) is 29.6 Å². The molecule has 2 aliphatic heterocycles. The van der Waals surface area contributed by atoms with Crippen molar-refractivity contribution in [3.05, 3.63) is 71.8 Å². The van der Waals surface area contributed by atoms with Gasteiger partial charge in [-0.05, 0) is 74.0 Å². The highest BCUT2D eigenvalue weighted by atomic mass is 32.1. The number of ether oxygens (including phenoxy) is 2. The van der Waals surface area contributed by atoms with Crippen molar-refractivity contribution in [2.45, 2.75) is 18.9 Å². The fraction of sp³-hybridized carbons (Fsp3) is 0.259. The van der Waals surface area contributed by atoms with Crippen LogP contribution in [0.3, 0.4) is 0 Å². The smallest absolute Gasteiger partial charge is 0.151 e. The zero-order chi connectivity index (χ0) is 22.4. The molecule has 33 heavy (non-hydrogen) atoms. The monoisotopic (exact) mass is 459 g/mol. The van der Waals surface area contributed by atoms with Crippen molar-refractivity contribution < 1.29 is 19.7 Å². The maximum absolute atomic E-state index is 10.0. The number of phenolic OH excluding ortho intramolecular Hbond substituents is 2. The SMILES string of the molecule is Oc1ccc2c(c1)OC(c1ccc(OCCN3CCCC3)cc1)c1c-2sc2cc(O)ccc12. The quantitative estimate of drug-likeness (QED) is 0.387. The molecular weight excluding hydrogens is 434 g/mol. The summed E-state index contributed by atoms with van der Waals surface area (Å²) < 4.78 is 13.4. The number of thiophene rings is 1. The normalized spacial score (nSPS) is 17.5. The molecule has 0 radical (unpaired) electrons. The molecule has 0 bridgehead atoms. The molecule has 1 aromatic heterocycles. The van der Waals surface area contributed by atoms with E-state index in [0.717, 1.165) is 43.9 Å². The summed E-state index contributed by atoms with van der Waals surface area (Å²) in [7, 11) is 0. The lowest BCUT2D eigenvalue weighted by Gasteiger charge is -2.27. The summed E-state index contributed by atoms with van der Waals surface area (Å²) in [5.41, 5.74) is 3.07. The predicted octanol–water partition coefficient (Wildman–Crippen LogP) is 5.94. The molecule has 0 amide bonds. The van der Waals surface area contributed by atoms with Gasteiger partial charge in [0.15, 0.2) is 6.10 Å². The van der Waals surface area contributed by atoms with Gasteiger partial charge in [-0.3, -0.25) is 4.90 Å². The first-order chi connectivity index (χ1) is 16.2. The highest BCUT2D eigenvalue weighted by Gasteiger charge is 2.31. The predicted molar refractivity (Wildman–Crippen MR) is 131 cm³/mol. The summed E-state index contributed by atoms with van der Waals surface area (Å²) in [4.78, 5) is 3.55. The van der Waals surface area contributed by atoms with E-state index in [1.54, 1.807) is 35.6 Å². The van der Waals surface area contributed by atoms with Crippen molar-refractivity contribution in [1.29, 1.82) is 0 Å². The summed E-state index contributed by atoms with van der Waals surface area (Å²) in [5, 5.41) is 21.1. The van der Waals surface area contributed by atoms with E-state index in [1.165, 1.54) is 25.9 Å². The largest absolute Gasteiger partial charge is 0.508 e. The first kappa shape index (κ1) is 20.4. The Hall–Kier alpha value is -3.22. The summed E-state index contributed by atoms with van der Waals surface area (Å²) in [6.07, 6.45) is 2.26. The molecule has 0 spiro atoms. The van der Waals surface area contributed by atoms with E-state index in [-0.39, 0.29) is 17.6 Å². The molecule has 0 saturated carbocycles. The van der Waals surface area contributed by atoms with Gasteiger partial charge in [-0.1, -0.05) is 12.1 Å². The van der Waals surface area contributed by atoms with Gasteiger partial charge in [-0.25, -0.2) is 0 Å². The summed E-state index contributed by atoms with van der Waals surface area (Å²) in [5.74, 6) is 1.94. The topological polar surface area (TPSA) is 62.2 Å². The van der Waals surface area contributed by atoms with Crippen LogP contribution in [0.4, 0.5) is 0 Å². The minimum absolute atomic E-state index is 0.177. The molecule has 3 heterocycles. The second-order valence-electron chi connectivity index (χ2n) is 8.67. The van der Waals surface area contributed by atoms with Gasteiger partial charge in [0.05, 0.1) is 0 Å². The van der Waals surface area contributed by atoms with E-state index in [1.807, 2.05) is 24.3 Å². The number of benzene rings is 3. The molecule has 1 saturated heterocycles. The average molecular weight is 460 g/mol. The van der Waals surface area contributed by atoms with Crippen LogP contribution in [0.2, 0.25) is 0 Å². The van der Waals surface area contributed by atoms with Crippen LogP contribution < -0.4 is 9.47 Å². The summed E-state index contributed by atoms with van der Waals surface area (Å²) >= 11 is 1.64. The highest BCUT2D eigenvalue weighted by Crippen LogP contribution is 2.52. The summed E-state index contributed by atoms with van der Waals surface area (Å²) in [6, 6.07) is 18.8. The lowest BCUT2D eigenvalue weighted by Crippen LogP contribution is -2.25. The Morgan fingerprint density at radius 2 is 1.70 bits per heavy atom. The number of aromatic hydroxyl groups is 2. The van der Waals surface area contributed by atoms with Crippen molar-refractivity contribution in [2.75, 3.05) is 26.2 Å². The number of fused-ring (bicyclic) bond motifs is 5. The number of nitrogens with zero attached hydrogens (tertiary/aromatic N) is 1. The molecule has 168 valence electrons. The van der Waals surface area contributed by atoms with Crippen molar-refractivity contribution in [2.24, 2.45) is 0 Å². The first-order valence-corrected chi connectivity index (χ1v) is 12.2. The van der Waals surface area contributed by atoms with Gasteiger partial charge in [0.25, 0.3) is 0 Å². The van der Waals surface area contributed by atoms with E-state index >= 15 is 0 Å². The van der Waals surface area contributed by atoms with Crippen LogP contribution >= 0.6 is 11.3 Å². The molecule has 1 fully saturated rings. The number of rotatable bonds is 5. The van der Waals surface area contributed by atoms with Crippen molar-refractivity contribution in [3.8, 4) is 33.4 Å². The van der Waals surface area contributed by atoms with Crippen molar-refractivity contribution in [1.82, 2.24) is 4.90 Å². The molecule has 2 N–H and O–H groups in total. The second-order valence-corrected chi connectivity index (χ2v) is 9.72. The highest BCUT2D eigenvalue weighted by molar-refractivity contribution is 7.22. The minimum atomic E-state index is -0.314. The fourth-order valence-corrected chi connectivity index (χ4v) is 6.11. The lowest BCUT2D eigenvalue weighted by molar-refractivity contribution is 0.236. The Balaban J connectivity index is 1.32. The maximum atomic E-state index is 10.0. The first-order valence-electron chi connectivity index (χ1n) is 11.4. The molecule has 6 heteroatoms. The number of hydrogen-bond donors (Lipinski definition) is 2. The van der Waals surface area contributed by atoms with Gasteiger partial charge < -0.3 is 19.7 Å². The Morgan fingerprint density at radius 3 is 2.52 bits per heavy atom. The van der Waals surface area contributed by atoms with E-state index in [2.05, 4.69) is 17.0 Å². The van der Waals surface area contributed by atoms with Gasteiger partial charge in [-0.2, -0.15) is 0 Å². The van der Waals surface area contributed by atoms with Gasteiger partial charge in [-0.15, -0.1) is 11.3 Å². The molecule has 1 atom stereocenters.